The number of rotatable bonds is 5. The fraction of sp³-hybridized carbons (Fsp3) is 0.367. The molecule has 1 aliphatic heterocycles. The summed E-state index contributed by atoms with van der Waals surface area (Å²) in [5.74, 6) is 0.722. The Morgan fingerprint density at radius 3 is 2.15 bits per heavy atom. The summed E-state index contributed by atoms with van der Waals surface area (Å²) in [5.41, 5.74) is 4.28. The second-order valence-electron chi connectivity index (χ2n) is 9.92. The van der Waals surface area contributed by atoms with Gasteiger partial charge in [-0.25, -0.2) is 0 Å². The molecule has 3 aromatic rings. The van der Waals surface area contributed by atoms with Crippen molar-refractivity contribution in [2.75, 3.05) is 36.4 Å². The number of nitrogens with zero attached hydrogens (tertiary/aromatic N) is 2. The van der Waals surface area contributed by atoms with Crippen molar-refractivity contribution in [2.24, 2.45) is 5.92 Å². The van der Waals surface area contributed by atoms with Gasteiger partial charge in [0.25, 0.3) is 5.91 Å². The van der Waals surface area contributed by atoms with Crippen LogP contribution in [0, 0.1) is 5.92 Å². The van der Waals surface area contributed by atoms with Crippen molar-refractivity contribution in [1.29, 1.82) is 0 Å². The van der Waals surface area contributed by atoms with E-state index in [2.05, 4.69) is 70.6 Å². The summed E-state index contributed by atoms with van der Waals surface area (Å²) in [7, 11) is 0. The van der Waals surface area contributed by atoms with E-state index in [9.17, 15) is 4.79 Å². The van der Waals surface area contributed by atoms with E-state index >= 15 is 0 Å². The van der Waals surface area contributed by atoms with Crippen LogP contribution in [0.3, 0.4) is 0 Å². The third kappa shape index (κ3) is 4.74. The minimum Gasteiger partial charge on any atom is -0.369 e. The summed E-state index contributed by atoms with van der Waals surface area (Å²) in [5, 5.41) is 3.13. The Bertz CT molecular complexity index is 1080. The number of hydrogen-bond acceptors (Lipinski definition) is 3. The van der Waals surface area contributed by atoms with E-state index < -0.39 is 0 Å². The minimum atomic E-state index is -0.0551. The topological polar surface area (TPSA) is 35.6 Å². The molecule has 0 bridgehead atoms. The summed E-state index contributed by atoms with van der Waals surface area (Å²) in [6.45, 7) is 6.60. The molecule has 0 spiro atoms. The van der Waals surface area contributed by atoms with Crippen LogP contribution in [0.2, 0.25) is 0 Å². The first-order chi connectivity index (χ1) is 16.6. The van der Waals surface area contributed by atoms with E-state index in [1.54, 1.807) is 0 Å². The lowest BCUT2D eigenvalue weighted by Gasteiger charge is -2.51. The molecule has 0 aromatic heterocycles. The van der Waals surface area contributed by atoms with Gasteiger partial charge >= 0.3 is 0 Å². The lowest BCUT2D eigenvalue weighted by atomic mass is 9.71. The zero-order valence-electron chi connectivity index (χ0n) is 20.1. The van der Waals surface area contributed by atoms with E-state index in [1.165, 1.54) is 36.9 Å². The lowest BCUT2D eigenvalue weighted by Crippen LogP contribution is -2.56. The molecule has 1 heterocycles. The van der Waals surface area contributed by atoms with E-state index in [1.807, 2.05) is 36.4 Å². The fourth-order valence-corrected chi connectivity index (χ4v) is 5.74. The third-order valence-electron chi connectivity index (χ3n) is 7.80. The zero-order chi connectivity index (χ0) is 23.4. The van der Waals surface area contributed by atoms with Crippen molar-refractivity contribution in [1.82, 2.24) is 4.90 Å². The minimum absolute atomic E-state index is 0.0444. The molecule has 34 heavy (non-hydrogen) atoms. The summed E-state index contributed by atoms with van der Waals surface area (Å²) < 4.78 is 0. The maximum atomic E-state index is 12.8. The van der Waals surface area contributed by atoms with E-state index in [0.717, 1.165) is 37.8 Å². The lowest BCUT2D eigenvalue weighted by molar-refractivity contribution is 0.0299. The van der Waals surface area contributed by atoms with E-state index in [0.29, 0.717) is 5.56 Å². The molecule has 1 saturated heterocycles. The Morgan fingerprint density at radius 1 is 0.824 bits per heavy atom. The highest BCUT2D eigenvalue weighted by Crippen LogP contribution is 2.45. The number of piperazine rings is 1. The van der Waals surface area contributed by atoms with Gasteiger partial charge in [-0.3, -0.25) is 9.69 Å². The molecule has 1 saturated carbocycles. The number of anilines is 2. The quantitative estimate of drug-likeness (QED) is 0.502. The number of benzene rings is 3. The van der Waals surface area contributed by atoms with Gasteiger partial charge in [-0.1, -0.05) is 55.5 Å². The van der Waals surface area contributed by atoms with Crippen LogP contribution in [0.15, 0.2) is 84.9 Å². The van der Waals surface area contributed by atoms with Crippen LogP contribution >= 0.6 is 0 Å². The first-order valence-corrected chi connectivity index (χ1v) is 12.7. The number of carbonyl (C=O) groups excluding carboxylic acids is 1. The standard InChI is InChI=1S/C30H35N3O/c1-24-15-17-30(18-16-24,33-21-19-32(20-22-33)28-13-6-3-7-14-28)26-11-8-12-27(23-26)31-29(34)25-9-4-2-5-10-25/h2-14,23-24H,15-22H2,1H3,(H,31,34). The van der Waals surface area contributed by atoms with E-state index in [4.69, 9.17) is 0 Å². The third-order valence-corrected chi connectivity index (χ3v) is 7.80. The van der Waals surface area contributed by atoms with Crippen molar-refractivity contribution < 1.29 is 4.79 Å². The van der Waals surface area contributed by atoms with Gasteiger partial charge in [-0.15, -0.1) is 0 Å². The Kier molecular flexibility index (Phi) is 6.68. The van der Waals surface area contributed by atoms with Gasteiger partial charge in [0.2, 0.25) is 0 Å². The Morgan fingerprint density at radius 2 is 1.47 bits per heavy atom. The van der Waals surface area contributed by atoms with Crippen molar-refractivity contribution >= 4 is 17.3 Å². The van der Waals surface area contributed by atoms with Gasteiger partial charge in [-0.05, 0) is 73.6 Å². The molecule has 4 heteroatoms. The molecule has 0 atom stereocenters. The molecule has 1 aliphatic carbocycles. The maximum absolute atomic E-state index is 12.8. The van der Waals surface area contributed by atoms with Crippen LogP contribution in [-0.4, -0.2) is 37.0 Å². The average Bonchev–Trinajstić information content (AvgIpc) is 2.91. The molecule has 2 fully saturated rings. The highest BCUT2D eigenvalue weighted by molar-refractivity contribution is 6.04. The van der Waals surface area contributed by atoms with Crippen molar-refractivity contribution in [2.45, 2.75) is 38.1 Å². The fourth-order valence-electron chi connectivity index (χ4n) is 5.74. The first kappa shape index (κ1) is 22.7. The van der Waals surface area contributed by atoms with Crippen molar-refractivity contribution in [3.63, 3.8) is 0 Å². The predicted molar refractivity (Wildman–Crippen MR) is 140 cm³/mol. The number of carbonyl (C=O) groups is 1. The van der Waals surface area contributed by atoms with Crippen LogP contribution in [-0.2, 0) is 5.54 Å². The maximum Gasteiger partial charge on any atom is 0.255 e. The highest BCUT2D eigenvalue weighted by Gasteiger charge is 2.42. The monoisotopic (exact) mass is 453 g/mol. The second-order valence-corrected chi connectivity index (χ2v) is 9.92. The highest BCUT2D eigenvalue weighted by atomic mass is 16.1. The van der Waals surface area contributed by atoms with Gasteiger partial charge in [0, 0.05) is 48.7 Å². The van der Waals surface area contributed by atoms with Crippen molar-refractivity contribution in [3.8, 4) is 0 Å². The largest absolute Gasteiger partial charge is 0.369 e. The molecule has 0 unspecified atom stereocenters. The Labute approximate surface area is 203 Å². The van der Waals surface area contributed by atoms with Gasteiger partial charge in [0.15, 0.2) is 0 Å². The van der Waals surface area contributed by atoms with Crippen LogP contribution in [0.5, 0.6) is 0 Å². The molecule has 5 rings (SSSR count). The number of amides is 1. The Balaban J connectivity index is 1.37. The summed E-state index contributed by atoms with van der Waals surface area (Å²) >= 11 is 0. The van der Waals surface area contributed by atoms with Crippen LogP contribution in [0.25, 0.3) is 0 Å². The molecule has 176 valence electrons. The number of nitrogens with one attached hydrogen (secondary N) is 1. The second kappa shape index (κ2) is 10.0. The molecule has 0 radical (unpaired) electrons. The summed E-state index contributed by atoms with van der Waals surface area (Å²) in [6, 6.07) is 28.8. The van der Waals surface area contributed by atoms with Crippen LogP contribution < -0.4 is 10.2 Å². The predicted octanol–water partition coefficient (Wildman–Crippen LogP) is 6.17. The summed E-state index contributed by atoms with van der Waals surface area (Å²) in [4.78, 5) is 18.0. The Hall–Kier alpha value is -3.11. The molecular formula is C30H35N3O. The van der Waals surface area contributed by atoms with Gasteiger partial charge in [-0.2, -0.15) is 0 Å². The van der Waals surface area contributed by atoms with Gasteiger partial charge in [0.1, 0.15) is 0 Å². The van der Waals surface area contributed by atoms with E-state index in [-0.39, 0.29) is 11.4 Å². The first-order valence-electron chi connectivity index (χ1n) is 12.7. The average molecular weight is 454 g/mol. The SMILES string of the molecule is CC1CCC(c2cccc(NC(=O)c3ccccc3)c2)(N2CCN(c3ccccc3)CC2)CC1. The normalized spacial score (nSPS) is 23.4. The summed E-state index contributed by atoms with van der Waals surface area (Å²) in [6.07, 6.45) is 4.85. The van der Waals surface area contributed by atoms with Crippen LogP contribution in [0.1, 0.15) is 48.5 Å². The molecule has 1 N–H and O–H groups in total. The van der Waals surface area contributed by atoms with Gasteiger partial charge < -0.3 is 10.2 Å². The number of para-hydroxylation sites is 1. The number of hydrogen-bond donors (Lipinski definition) is 1. The van der Waals surface area contributed by atoms with Crippen LogP contribution in [0.4, 0.5) is 11.4 Å². The molecule has 2 aliphatic rings. The van der Waals surface area contributed by atoms with Gasteiger partial charge in [0.05, 0.1) is 0 Å². The zero-order valence-corrected chi connectivity index (χ0v) is 20.1. The smallest absolute Gasteiger partial charge is 0.255 e. The molecular weight excluding hydrogens is 418 g/mol. The molecule has 1 amide bonds. The van der Waals surface area contributed by atoms with Crippen molar-refractivity contribution in [3.05, 3.63) is 96.1 Å². The molecule has 3 aromatic carbocycles. The molecule has 4 nitrogen and oxygen atoms in total.